The molecule has 7 heteroatoms. The minimum Gasteiger partial charge on any atom is -0.480 e. The minimum absolute atomic E-state index is 0.0323. The molecule has 1 atom stereocenters. The second-order valence-corrected chi connectivity index (χ2v) is 4.08. The molecule has 96 valence electrons. The van der Waals surface area contributed by atoms with Gasteiger partial charge in [-0.25, -0.2) is 9.18 Å². The van der Waals surface area contributed by atoms with Crippen LogP contribution in [0.5, 0.6) is 0 Å². The standard InChI is InChI=1S/C11H11FN2O4/c12-7-3-4-8(14(17)18)10(6-7)13-5-1-2-9(13)11(15)16/h3-4,6,9H,1-2,5H2,(H,15,16)/t9-/m0/s1. The lowest BCUT2D eigenvalue weighted by molar-refractivity contribution is -0.384. The second kappa shape index (κ2) is 4.59. The third kappa shape index (κ3) is 2.11. The number of anilines is 1. The van der Waals surface area contributed by atoms with Gasteiger partial charge < -0.3 is 10.0 Å². The molecule has 0 saturated carbocycles. The maximum Gasteiger partial charge on any atom is 0.326 e. The first kappa shape index (κ1) is 12.3. The fourth-order valence-corrected chi connectivity index (χ4v) is 2.19. The van der Waals surface area contributed by atoms with E-state index in [4.69, 9.17) is 5.11 Å². The van der Waals surface area contributed by atoms with E-state index in [-0.39, 0.29) is 11.4 Å². The number of halogens is 1. The Morgan fingerprint density at radius 2 is 2.28 bits per heavy atom. The summed E-state index contributed by atoms with van der Waals surface area (Å²) >= 11 is 0. The smallest absolute Gasteiger partial charge is 0.326 e. The average Bonchev–Trinajstić information content (AvgIpc) is 2.77. The third-order valence-corrected chi connectivity index (χ3v) is 2.98. The highest BCUT2D eigenvalue weighted by Crippen LogP contribution is 2.34. The Hall–Kier alpha value is -2.18. The number of hydrogen-bond donors (Lipinski definition) is 1. The van der Waals surface area contributed by atoms with Crippen molar-refractivity contribution in [1.82, 2.24) is 0 Å². The van der Waals surface area contributed by atoms with Crippen LogP contribution in [0.1, 0.15) is 12.8 Å². The van der Waals surface area contributed by atoms with Gasteiger partial charge in [-0.05, 0) is 18.9 Å². The number of benzene rings is 1. The maximum absolute atomic E-state index is 13.2. The van der Waals surface area contributed by atoms with Gasteiger partial charge in [-0.3, -0.25) is 10.1 Å². The second-order valence-electron chi connectivity index (χ2n) is 4.08. The first-order valence-electron chi connectivity index (χ1n) is 5.44. The Balaban J connectivity index is 2.46. The number of nitro benzene ring substituents is 1. The number of aliphatic carboxylic acids is 1. The molecule has 2 rings (SSSR count). The maximum atomic E-state index is 13.2. The number of rotatable bonds is 3. The molecular weight excluding hydrogens is 243 g/mol. The Morgan fingerprint density at radius 3 is 2.89 bits per heavy atom. The van der Waals surface area contributed by atoms with E-state index in [1.54, 1.807) is 0 Å². The van der Waals surface area contributed by atoms with E-state index in [2.05, 4.69) is 0 Å². The van der Waals surface area contributed by atoms with Gasteiger partial charge in [0.15, 0.2) is 0 Å². The summed E-state index contributed by atoms with van der Waals surface area (Å²) in [6.07, 6.45) is 1.02. The number of hydrogen-bond acceptors (Lipinski definition) is 4. The van der Waals surface area contributed by atoms with Crippen molar-refractivity contribution in [2.24, 2.45) is 0 Å². The number of nitro groups is 1. The lowest BCUT2D eigenvalue weighted by Gasteiger charge is -2.23. The highest BCUT2D eigenvalue weighted by Gasteiger charge is 2.34. The van der Waals surface area contributed by atoms with E-state index >= 15 is 0 Å². The minimum atomic E-state index is -1.05. The lowest BCUT2D eigenvalue weighted by atomic mass is 10.2. The lowest BCUT2D eigenvalue weighted by Crippen LogP contribution is -2.36. The number of carbonyl (C=O) groups is 1. The molecule has 1 aliphatic rings. The Bertz CT molecular complexity index is 506. The zero-order chi connectivity index (χ0) is 13.3. The SMILES string of the molecule is O=C(O)[C@@H]1CCCN1c1cc(F)ccc1[N+](=O)[O-]. The number of carboxylic acids is 1. The molecule has 6 nitrogen and oxygen atoms in total. The van der Waals surface area contributed by atoms with Crippen LogP contribution in [0.25, 0.3) is 0 Å². The summed E-state index contributed by atoms with van der Waals surface area (Å²) in [6, 6.07) is 2.24. The summed E-state index contributed by atoms with van der Waals surface area (Å²) in [6.45, 7) is 0.376. The molecule has 0 aliphatic carbocycles. The van der Waals surface area contributed by atoms with Crippen LogP contribution in [0.3, 0.4) is 0 Å². The summed E-state index contributed by atoms with van der Waals surface area (Å²) in [5.74, 6) is -1.67. The van der Waals surface area contributed by atoms with E-state index in [1.807, 2.05) is 0 Å². The average molecular weight is 254 g/mol. The fourth-order valence-electron chi connectivity index (χ4n) is 2.19. The molecule has 0 aromatic heterocycles. The highest BCUT2D eigenvalue weighted by molar-refractivity contribution is 5.81. The molecule has 1 aromatic rings. The van der Waals surface area contributed by atoms with Gasteiger partial charge in [0.2, 0.25) is 0 Å². The van der Waals surface area contributed by atoms with Crippen LogP contribution in [0.4, 0.5) is 15.8 Å². The molecular formula is C11H11FN2O4. The largest absolute Gasteiger partial charge is 0.480 e. The van der Waals surface area contributed by atoms with Crippen LogP contribution in [0.2, 0.25) is 0 Å². The topological polar surface area (TPSA) is 83.7 Å². The van der Waals surface area contributed by atoms with Crippen LogP contribution in [0.15, 0.2) is 18.2 Å². The Morgan fingerprint density at radius 1 is 1.56 bits per heavy atom. The van der Waals surface area contributed by atoms with E-state index < -0.39 is 22.8 Å². The summed E-state index contributed by atoms with van der Waals surface area (Å²) in [5.41, 5.74) is -0.241. The van der Waals surface area contributed by atoms with Crippen LogP contribution < -0.4 is 4.90 Å². The van der Waals surface area contributed by atoms with Gasteiger partial charge in [-0.1, -0.05) is 0 Å². The molecule has 0 amide bonds. The molecule has 1 N–H and O–H groups in total. The van der Waals surface area contributed by atoms with Crippen molar-refractivity contribution in [2.45, 2.75) is 18.9 Å². The van der Waals surface area contributed by atoms with Crippen LogP contribution in [-0.4, -0.2) is 28.6 Å². The predicted octanol–water partition coefficient (Wildman–Crippen LogP) is 1.79. The molecule has 0 bridgehead atoms. The molecule has 18 heavy (non-hydrogen) atoms. The Kier molecular flexibility index (Phi) is 3.14. The zero-order valence-electron chi connectivity index (χ0n) is 9.38. The van der Waals surface area contributed by atoms with Crippen LogP contribution in [0, 0.1) is 15.9 Å². The van der Waals surface area contributed by atoms with Gasteiger partial charge in [-0.2, -0.15) is 0 Å². The van der Waals surface area contributed by atoms with Crippen molar-refractivity contribution in [3.63, 3.8) is 0 Å². The molecule has 1 fully saturated rings. The molecule has 1 heterocycles. The van der Waals surface area contributed by atoms with E-state index in [0.717, 1.165) is 18.2 Å². The first-order valence-corrected chi connectivity index (χ1v) is 5.44. The highest BCUT2D eigenvalue weighted by atomic mass is 19.1. The van der Waals surface area contributed by atoms with Crippen molar-refractivity contribution >= 4 is 17.3 Å². The summed E-state index contributed by atoms with van der Waals surface area (Å²) in [5, 5.41) is 19.9. The van der Waals surface area contributed by atoms with E-state index in [9.17, 15) is 19.3 Å². The molecule has 1 aromatic carbocycles. The first-order chi connectivity index (χ1) is 8.50. The van der Waals surface area contributed by atoms with Gasteiger partial charge in [0.05, 0.1) is 4.92 Å². The number of nitrogens with zero attached hydrogens (tertiary/aromatic N) is 2. The van der Waals surface area contributed by atoms with Gasteiger partial charge in [0.1, 0.15) is 17.5 Å². The Labute approximate surface area is 102 Å². The normalized spacial score (nSPS) is 18.9. The summed E-state index contributed by atoms with van der Waals surface area (Å²) in [7, 11) is 0. The van der Waals surface area contributed by atoms with E-state index in [1.165, 1.54) is 4.90 Å². The van der Waals surface area contributed by atoms with Crippen molar-refractivity contribution in [3.8, 4) is 0 Å². The van der Waals surface area contributed by atoms with Crippen molar-refractivity contribution in [1.29, 1.82) is 0 Å². The van der Waals surface area contributed by atoms with Crippen LogP contribution in [-0.2, 0) is 4.79 Å². The van der Waals surface area contributed by atoms with Gasteiger partial charge in [0, 0.05) is 18.7 Å². The predicted molar refractivity (Wildman–Crippen MR) is 61.1 cm³/mol. The monoisotopic (exact) mass is 254 g/mol. The molecule has 0 unspecified atom stereocenters. The summed E-state index contributed by atoms with van der Waals surface area (Å²) in [4.78, 5) is 22.7. The van der Waals surface area contributed by atoms with Gasteiger partial charge in [-0.15, -0.1) is 0 Å². The van der Waals surface area contributed by atoms with Crippen LogP contribution >= 0.6 is 0 Å². The fraction of sp³-hybridized carbons (Fsp3) is 0.364. The molecule has 1 saturated heterocycles. The van der Waals surface area contributed by atoms with E-state index in [0.29, 0.717) is 19.4 Å². The summed E-state index contributed by atoms with van der Waals surface area (Å²) < 4.78 is 13.2. The van der Waals surface area contributed by atoms with Crippen molar-refractivity contribution in [3.05, 3.63) is 34.1 Å². The number of carboxylic acid groups (broad SMARTS) is 1. The van der Waals surface area contributed by atoms with Gasteiger partial charge in [0.25, 0.3) is 5.69 Å². The molecule has 0 spiro atoms. The van der Waals surface area contributed by atoms with Crippen molar-refractivity contribution in [2.75, 3.05) is 11.4 Å². The quantitative estimate of drug-likeness (QED) is 0.656. The zero-order valence-corrected chi connectivity index (χ0v) is 9.38. The molecule has 1 aliphatic heterocycles. The molecule has 0 radical (unpaired) electrons. The third-order valence-electron chi connectivity index (χ3n) is 2.98. The van der Waals surface area contributed by atoms with Gasteiger partial charge >= 0.3 is 5.97 Å². The van der Waals surface area contributed by atoms with Crippen molar-refractivity contribution < 1.29 is 19.2 Å².